The van der Waals surface area contributed by atoms with Gasteiger partial charge in [-0.05, 0) is 39.2 Å². The summed E-state index contributed by atoms with van der Waals surface area (Å²) in [5, 5.41) is 3.96. The van der Waals surface area contributed by atoms with E-state index >= 15 is 0 Å². The van der Waals surface area contributed by atoms with Gasteiger partial charge in [-0.2, -0.15) is 0 Å². The number of hydrogen-bond acceptors (Lipinski definition) is 6. The number of rotatable bonds is 5. The molecule has 25 heavy (non-hydrogen) atoms. The van der Waals surface area contributed by atoms with E-state index in [4.69, 9.17) is 4.52 Å². The number of likely N-dealkylation sites (tertiary alicyclic amines) is 1. The maximum Gasteiger partial charge on any atom is 0.236 e. The predicted octanol–water partition coefficient (Wildman–Crippen LogP) is 1.70. The number of amides is 1. The Labute approximate surface area is 148 Å². The minimum atomic E-state index is 0.157. The second kappa shape index (κ2) is 7.31. The molecule has 1 aliphatic rings. The van der Waals surface area contributed by atoms with Crippen molar-refractivity contribution < 1.29 is 9.32 Å². The van der Waals surface area contributed by atoms with Crippen LogP contribution < -0.4 is 0 Å². The molecule has 3 rings (SSSR count). The Balaban J connectivity index is 1.59. The summed E-state index contributed by atoms with van der Waals surface area (Å²) in [5.74, 6) is 1.44. The van der Waals surface area contributed by atoms with E-state index in [0.29, 0.717) is 12.5 Å². The number of hydrogen-bond donors (Lipinski definition) is 0. The van der Waals surface area contributed by atoms with Gasteiger partial charge in [-0.3, -0.25) is 19.7 Å². The molecule has 0 bridgehead atoms. The molecule has 7 nitrogen and oxygen atoms in total. The van der Waals surface area contributed by atoms with Gasteiger partial charge in [0.15, 0.2) is 0 Å². The molecular weight excluding hydrogens is 318 g/mol. The van der Waals surface area contributed by atoms with Gasteiger partial charge in [0.2, 0.25) is 5.91 Å². The maximum atomic E-state index is 11.8. The van der Waals surface area contributed by atoms with Crippen LogP contribution in [0.2, 0.25) is 0 Å². The number of nitrogens with zero attached hydrogens (tertiary/aromatic N) is 5. The van der Waals surface area contributed by atoms with Crippen molar-refractivity contribution in [1.82, 2.24) is 24.9 Å². The number of carbonyl (C=O) groups is 1. The molecule has 1 amide bonds. The lowest BCUT2D eigenvalue weighted by molar-refractivity contribution is -0.129. The van der Waals surface area contributed by atoms with E-state index in [1.165, 1.54) is 0 Å². The van der Waals surface area contributed by atoms with Gasteiger partial charge < -0.3 is 9.42 Å². The smallest absolute Gasteiger partial charge is 0.236 e. The molecule has 1 fully saturated rings. The van der Waals surface area contributed by atoms with Crippen molar-refractivity contribution in [3.63, 3.8) is 0 Å². The van der Waals surface area contributed by atoms with Crippen molar-refractivity contribution in [2.24, 2.45) is 5.92 Å². The molecular formula is C18H25N5O2. The first-order valence-corrected chi connectivity index (χ1v) is 8.60. The van der Waals surface area contributed by atoms with E-state index in [9.17, 15) is 4.79 Å². The summed E-state index contributed by atoms with van der Waals surface area (Å²) < 4.78 is 5.19. The van der Waals surface area contributed by atoms with Gasteiger partial charge in [0.1, 0.15) is 5.76 Å². The largest absolute Gasteiger partial charge is 0.361 e. The van der Waals surface area contributed by atoms with E-state index in [-0.39, 0.29) is 5.91 Å². The quantitative estimate of drug-likeness (QED) is 0.822. The molecule has 1 saturated heterocycles. The van der Waals surface area contributed by atoms with Crippen molar-refractivity contribution in [2.75, 3.05) is 33.7 Å². The first kappa shape index (κ1) is 17.5. The number of likely N-dealkylation sites (N-methyl/N-ethyl adjacent to an activating group) is 1. The maximum absolute atomic E-state index is 11.8. The van der Waals surface area contributed by atoms with Crippen molar-refractivity contribution >= 4 is 5.91 Å². The first-order valence-electron chi connectivity index (χ1n) is 8.60. The minimum Gasteiger partial charge on any atom is -0.361 e. The number of aryl methyl sites for hydroxylation is 2. The van der Waals surface area contributed by atoms with Crippen LogP contribution >= 0.6 is 0 Å². The molecule has 0 radical (unpaired) electrons. The summed E-state index contributed by atoms with van der Waals surface area (Å²) in [6.45, 7) is 6.19. The van der Waals surface area contributed by atoms with Crippen LogP contribution in [0.1, 0.15) is 23.6 Å². The Kier molecular flexibility index (Phi) is 5.13. The molecule has 2 aromatic heterocycles. The van der Waals surface area contributed by atoms with Crippen LogP contribution in [0.3, 0.4) is 0 Å². The molecule has 1 atom stereocenters. The number of carbonyl (C=O) groups excluding carboxylic acids is 1. The average molecular weight is 343 g/mol. The minimum absolute atomic E-state index is 0.157. The van der Waals surface area contributed by atoms with Crippen LogP contribution in [0.4, 0.5) is 0 Å². The standard InChI is InChI=1S/C18H25N5O2/c1-12-18(13(2)25-21-12)16-9-19-15(8-20-16)7-14-5-6-23(10-14)11-17(24)22(3)4/h8-9,14H,5-7,10-11H2,1-4H3. The second-order valence-electron chi connectivity index (χ2n) is 6.97. The van der Waals surface area contributed by atoms with Crippen LogP contribution in [0.15, 0.2) is 16.9 Å². The Bertz CT molecular complexity index is 719. The third kappa shape index (κ3) is 4.04. The van der Waals surface area contributed by atoms with E-state index in [1.54, 1.807) is 25.2 Å². The normalized spacial score (nSPS) is 17.8. The lowest BCUT2D eigenvalue weighted by Gasteiger charge is -2.18. The summed E-state index contributed by atoms with van der Waals surface area (Å²) >= 11 is 0. The van der Waals surface area contributed by atoms with Crippen LogP contribution in [0.5, 0.6) is 0 Å². The monoisotopic (exact) mass is 343 g/mol. The van der Waals surface area contributed by atoms with Gasteiger partial charge >= 0.3 is 0 Å². The molecule has 0 spiro atoms. The third-order valence-electron chi connectivity index (χ3n) is 4.72. The van der Waals surface area contributed by atoms with Crippen LogP contribution in [-0.2, 0) is 11.2 Å². The fourth-order valence-electron chi connectivity index (χ4n) is 3.29. The van der Waals surface area contributed by atoms with Gasteiger partial charge in [0.05, 0.1) is 35.4 Å². The molecule has 1 unspecified atom stereocenters. The molecule has 3 heterocycles. The topological polar surface area (TPSA) is 75.4 Å². The van der Waals surface area contributed by atoms with E-state index in [0.717, 1.165) is 54.3 Å². The van der Waals surface area contributed by atoms with E-state index in [1.807, 2.05) is 20.0 Å². The van der Waals surface area contributed by atoms with E-state index < -0.39 is 0 Å². The lowest BCUT2D eigenvalue weighted by atomic mass is 10.0. The molecule has 0 aliphatic carbocycles. The molecule has 2 aromatic rings. The molecule has 0 aromatic carbocycles. The summed E-state index contributed by atoms with van der Waals surface area (Å²) in [6.07, 6.45) is 5.62. The van der Waals surface area contributed by atoms with E-state index in [2.05, 4.69) is 20.0 Å². The molecule has 1 aliphatic heterocycles. The zero-order valence-corrected chi connectivity index (χ0v) is 15.3. The number of aromatic nitrogens is 3. The van der Waals surface area contributed by atoms with Crippen LogP contribution in [-0.4, -0.2) is 64.6 Å². The fraction of sp³-hybridized carbons (Fsp3) is 0.556. The van der Waals surface area contributed by atoms with Gasteiger partial charge in [-0.1, -0.05) is 5.16 Å². The highest BCUT2D eigenvalue weighted by Crippen LogP contribution is 2.25. The lowest BCUT2D eigenvalue weighted by Crippen LogP contribution is -2.35. The Hall–Kier alpha value is -2.28. The summed E-state index contributed by atoms with van der Waals surface area (Å²) in [7, 11) is 3.60. The first-order chi connectivity index (χ1) is 11.9. The van der Waals surface area contributed by atoms with Crippen LogP contribution in [0, 0.1) is 19.8 Å². The summed E-state index contributed by atoms with van der Waals surface area (Å²) in [5.41, 5.74) is 3.54. The van der Waals surface area contributed by atoms with Crippen molar-refractivity contribution in [1.29, 1.82) is 0 Å². The highest BCUT2D eigenvalue weighted by Gasteiger charge is 2.25. The molecule has 0 saturated carbocycles. The predicted molar refractivity (Wildman–Crippen MR) is 93.9 cm³/mol. The van der Waals surface area contributed by atoms with Gasteiger partial charge in [0, 0.05) is 26.8 Å². The van der Waals surface area contributed by atoms with Crippen molar-refractivity contribution in [3.05, 3.63) is 29.5 Å². The summed E-state index contributed by atoms with van der Waals surface area (Å²) in [4.78, 5) is 24.8. The van der Waals surface area contributed by atoms with Gasteiger partial charge in [0.25, 0.3) is 0 Å². The highest BCUT2D eigenvalue weighted by molar-refractivity contribution is 5.77. The van der Waals surface area contributed by atoms with Gasteiger partial charge in [-0.15, -0.1) is 0 Å². The Morgan fingerprint density at radius 2 is 2.12 bits per heavy atom. The fourth-order valence-corrected chi connectivity index (χ4v) is 3.29. The average Bonchev–Trinajstić information content (AvgIpc) is 3.15. The Morgan fingerprint density at radius 3 is 2.72 bits per heavy atom. The SMILES string of the molecule is Cc1noc(C)c1-c1cnc(CC2CCN(CC(=O)N(C)C)C2)cn1. The van der Waals surface area contributed by atoms with Crippen LogP contribution in [0.25, 0.3) is 11.3 Å². The second-order valence-corrected chi connectivity index (χ2v) is 6.97. The third-order valence-corrected chi connectivity index (χ3v) is 4.72. The van der Waals surface area contributed by atoms with Gasteiger partial charge in [-0.25, -0.2) is 0 Å². The molecule has 7 heteroatoms. The Morgan fingerprint density at radius 1 is 1.32 bits per heavy atom. The van der Waals surface area contributed by atoms with Crippen molar-refractivity contribution in [3.8, 4) is 11.3 Å². The molecule has 0 N–H and O–H groups in total. The van der Waals surface area contributed by atoms with Crippen molar-refractivity contribution in [2.45, 2.75) is 26.7 Å². The molecule has 134 valence electrons. The highest BCUT2D eigenvalue weighted by atomic mass is 16.5. The zero-order valence-electron chi connectivity index (χ0n) is 15.3. The summed E-state index contributed by atoms with van der Waals surface area (Å²) in [6, 6.07) is 0. The zero-order chi connectivity index (χ0) is 18.0.